The third-order valence-electron chi connectivity index (χ3n) is 6.72. The monoisotopic (exact) mass is 485 g/mol. The zero-order chi connectivity index (χ0) is 25.2. The number of amides is 1. The molecular formula is C29H61N2O3+. The summed E-state index contributed by atoms with van der Waals surface area (Å²) in [6.45, 7) is 8.89. The number of quaternary nitrogens is 1. The second-order valence-corrected chi connectivity index (χ2v) is 10.7. The van der Waals surface area contributed by atoms with Crippen molar-refractivity contribution in [2.45, 2.75) is 129 Å². The number of unbranched alkanes of at least 4 members (excludes halogenated alkanes) is 16. The average molecular weight is 486 g/mol. The molecule has 0 aromatic rings. The first-order valence-corrected chi connectivity index (χ1v) is 14.8. The summed E-state index contributed by atoms with van der Waals surface area (Å²) in [5, 5.41) is 2.80. The normalized spacial score (nSPS) is 11.6. The highest BCUT2D eigenvalue weighted by Crippen LogP contribution is 2.13. The van der Waals surface area contributed by atoms with Gasteiger partial charge in [0.1, 0.15) is 13.2 Å². The molecule has 0 aliphatic rings. The standard InChI is InChI=1S/C29H60N2O3/c1-5-7-9-11-12-13-14-15-16-17-18-19-20-22-24-31(3,4)25-26-33-27-28-34-29(32)30-23-21-10-8-6-2/h5-28H2,1-4H3/p+1. The van der Waals surface area contributed by atoms with Crippen molar-refractivity contribution in [3.05, 3.63) is 0 Å². The number of alkyl carbamates (subject to hydrolysis) is 1. The topological polar surface area (TPSA) is 47.6 Å². The van der Waals surface area contributed by atoms with E-state index in [4.69, 9.17) is 9.47 Å². The van der Waals surface area contributed by atoms with Crippen LogP contribution in [0.5, 0.6) is 0 Å². The zero-order valence-electron chi connectivity index (χ0n) is 23.6. The van der Waals surface area contributed by atoms with Gasteiger partial charge in [0.05, 0.1) is 33.9 Å². The third-order valence-corrected chi connectivity index (χ3v) is 6.72. The Labute approximate surface area is 213 Å². The minimum absolute atomic E-state index is 0.325. The summed E-state index contributed by atoms with van der Waals surface area (Å²) in [6, 6.07) is 0. The summed E-state index contributed by atoms with van der Waals surface area (Å²) >= 11 is 0. The summed E-state index contributed by atoms with van der Waals surface area (Å²) in [5.41, 5.74) is 0. The van der Waals surface area contributed by atoms with E-state index >= 15 is 0 Å². The fourth-order valence-corrected chi connectivity index (χ4v) is 4.25. The van der Waals surface area contributed by atoms with E-state index in [0.29, 0.717) is 26.4 Å². The van der Waals surface area contributed by atoms with E-state index in [0.717, 1.165) is 23.9 Å². The molecule has 0 fully saturated rings. The maximum atomic E-state index is 11.6. The van der Waals surface area contributed by atoms with Crippen LogP contribution in [0.3, 0.4) is 0 Å². The zero-order valence-corrected chi connectivity index (χ0v) is 23.6. The van der Waals surface area contributed by atoms with Gasteiger partial charge in [-0.2, -0.15) is 0 Å². The fourth-order valence-electron chi connectivity index (χ4n) is 4.25. The van der Waals surface area contributed by atoms with Gasteiger partial charge in [-0.15, -0.1) is 0 Å². The lowest BCUT2D eigenvalue weighted by Crippen LogP contribution is -2.43. The van der Waals surface area contributed by atoms with Crippen molar-refractivity contribution in [2.75, 3.05) is 53.6 Å². The van der Waals surface area contributed by atoms with Gasteiger partial charge < -0.3 is 19.3 Å². The average Bonchev–Trinajstić information content (AvgIpc) is 2.81. The van der Waals surface area contributed by atoms with Gasteiger partial charge in [0.15, 0.2) is 0 Å². The molecule has 0 aromatic heterocycles. The highest BCUT2D eigenvalue weighted by Gasteiger charge is 2.14. The second-order valence-electron chi connectivity index (χ2n) is 10.7. The first-order chi connectivity index (χ1) is 16.5. The number of carbonyl (C=O) groups is 1. The highest BCUT2D eigenvalue weighted by molar-refractivity contribution is 5.66. The minimum Gasteiger partial charge on any atom is -0.447 e. The molecule has 0 aliphatic heterocycles. The molecule has 5 heteroatoms. The Kier molecular flexibility index (Phi) is 24.7. The molecule has 0 atom stereocenters. The van der Waals surface area contributed by atoms with Crippen LogP contribution in [0.4, 0.5) is 4.79 Å². The number of hydrogen-bond acceptors (Lipinski definition) is 3. The molecule has 0 saturated carbocycles. The largest absolute Gasteiger partial charge is 0.447 e. The van der Waals surface area contributed by atoms with Crippen LogP contribution in [0.2, 0.25) is 0 Å². The molecule has 0 unspecified atom stereocenters. The Balaban J connectivity index is 3.38. The molecule has 204 valence electrons. The molecule has 0 saturated heterocycles. The fraction of sp³-hybridized carbons (Fsp3) is 0.966. The van der Waals surface area contributed by atoms with Gasteiger partial charge in [0, 0.05) is 6.54 Å². The lowest BCUT2D eigenvalue weighted by molar-refractivity contribution is -0.891. The molecule has 0 heterocycles. The second kappa shape index (κ2) is 25.3. The number of hydrogen-bond donors (Lipinski definition) is 1. The molecular weight excluding hydrogens is 424 g/mol. The van der Waals surface area contributed by atoms with Crippen LogP contribution < -0.4 is 5.32 Å². The highest BCUT2D eigenvalue weighted by atomic mass is 16.6. The molecule has 34 heavy (non-hydrogen) atoms. The molecule has 0 radical (unpaired) electrons. The van der Waals surface area contributed by atoms with Gasteiger partial charge in [-0.1, -0.05) is 110 Å². The van der Waals surface area contributed by atoms with Crippen LogP contribution in [-0.2, 0) is 9.47 Å². The molecule has 1 amide bonds. The lowest BCUT2D eigenvalue weighted by atomic mass is 10.0. The number of carbonyl (C=O) groups excluding carboxylic acids is 1. The van der Waals surface area contributed by atoms with Crippen molar-refractivity contribution in [3.8, 4) is 0 Å². The summed E-state index contributed by atoms with van der Waals surface area (Å²) in [6.07, 6.45) is 24.0. The number of nitrogens with one attached hydrogen (secondary N) is 1. The van der Waals surface area contributed by atoms with Gasteiger partial charge >= 0.3 is 6.09 Å². The predicted octanol–water partition coefficient (Wildman–Crippen LogP) is 7.87. The quantitative estimate of drug-likeness (QED) is 0.100. The SMILES string of the molecule is CCCCCCCCCCCCCCCC[N+](C)(C)CCOCCOC(=O)NCCCCCC. The molecule has 0 spiro atoms. The first-order valence-electron chi connectivity index (χ1n) is 14.8. The number of nitrogens with zero attached hydrogens (tertiary/aromatic N) is 1. The van der Waals surface area contributed by atoms with Crippen molar-refractivity contribution in [1.29, 1.82) is 0 Å². The summed E-state index contributed by atoms with van der Waals surface area (Å²) < 4.78 is 11.8. The van der Waals surface area contributed by atoms with Gasteiger partial charge in [0.25, 0.3) is 0 Å². The van der Waals surface area contributed by atoms with E-state index < -0.39 is 0 Å². The van der Waals surface area contributed by atoms with Gasteiger partial charge in [-0.25, -0.2) is 4.79 Å². The van der Waals surface area contributed by atoms with E-state index in [9.17, 15) is 4.79 Å². The van der Waals surface area contributed by atoms with Gasteiger partial charge in [-0.3, -0.25) is 0 Å². The van der Waals surface area contributed by atoms with Crippen molar-refractivity contribution >= 4 is 6.09 Å². The summed E-state index contributed by atoms with van der Waals surface area (Å²) in [5.74, 6) is 0. The predicted molar refractivity (Wildman–Crippen MR) is 146 cm³/mol. The van der Waals surface area contributed by atoms with E-state index in [2.05, 4.69) is 33.3 Å². The molecule has 0 aromatic carbocycles. The lowest BCUT2D eigenvalue weighted by Gasteiger charge is -2.29. The Bertz CT molecular complexity index is 430. The molecule has 0 bridgehead atoms. The molecule has 0 rings (SSSR count). The Hall–Kier alpha value is -0.810. The van der Waals surface area contributed by atoms with Crippen molar-refractivity contribution in [3.63, 3.8) is 0 Å². The first kappa shape index (κ1) is 33.2. The van der Waals surface area contributed by atoms with Crippen LogP contribution in [-0.4, -0.2) is 64.1 Å². The number of ether oxygens (including phenoxy) is 2. The van der Waals surface area contributed by atoms with Crippen LogP contribution in [0.1, 0.15) is 129 Å². The summed E-state index contributed by atoms with van der Waals surface area (Å²) in [4.78, 5) is 11.6. The molecule has 0 aliphatic carbocycles. The Morgan fingerprint density at radius 3 is 1.59 bits per heavy atom. The smallest absolute Gasteiger partial charge is 0.407 e. The maximum absolute atomic E-state index is 11.6. The molecule has 5 nitrogen and oxygen atoms in total. The van der Waals surface area contributed by atoms with E-state index in [-0.39, 0.29) is 6.09 Å². The minimum atomic E-state index is -0.325. The number of likely N-dealkylation sites (N-methyl/N-ethyl adjacent to an activating group) is 1. The van der Waals surface area contributed by atoms with Crippen LogP contribution in [0.15, 0.2) is 0 Å². The van der Waals surface area contributed by atoms with Crippen LogP contribution in [0.25, 0.3) is 0 Å². The van der Waals surface area contributed by atoms with Crippen LogP contribution >= 0.6 is 0 Å². The van der Waals surface area contributed by atoms with Crippen LogP contribution in [0, 0.1) is 0 Å². The van der Waals surface area contributed by atoms with Crippen molar-refractivity contribution in [1.82, 2.24) is 5.32 Å². The third kappa shape index (κ3) is 25.8. The number of rotatable bonds is 26. The van der Waals surface area contributed by atoms with E-state index in [1.165, 1.54) is 109 Å². The van der Waals surface area contributed by atoms with Gasteiger partial charge in [0.2, 0.25) is 0 Å². The van der Waals surface area contributed by atoms with E-state index in [1.54, 1.807) is 0 Å². The van der Waals surface area contributed by atoms with Crippen molar-refractivity contribution < 1.29 is 18.8 Å². The van der Waals surface area contributed by atoms with E-state index in [1.807, 2.05) is 0 Å². The molecule has 1 N–H and O–H groups in total. The van der Waals surface area contributed by atoms with Crippen molar-refractivity contribution in [2.24, 2.45) is 0 Å². The maximum Gasteiger partial charge on any atom is 0.407 e. The summed E-state index contributed by atoms with van der Waals surface area (Å²) in [7, 11) is 4.57. The van der Waals surface area contributed by atoms with Gasteiger partial charge in [-0.05, 0) is 19.3 Å². The Morgan fingerprint density at radius 2 is 1.06 bits per heavy atom. The Morgan fingerprint density at radius 1 is 0.588 bits per heavy atom.